The van der Waals surface area contributed by atoms with Gasteiger partial charge in [-0.05, 0) is 26.0 Å². The minimum absolute atomic E-state index is 0.139. The van der Waals surface area contributed by atoms with Crippen LogP contribution in [0, 0.1) is 13.8 Å². The van der Waals surface area contributed by atoms with Gasteiger partial charge in [-0.3, -0.25) is 18.7 Å². The predicted octanol–water partition coefficient (Wildman–Crippen LogP) is 1.61. The molecular weight excluding hydrogens is 408 g/mol. The number of rotatable bonds is 8. The van der Waals surface area contributed by atoms with Crippen LogP contribution in [0.2, 0.25) is 0 Å². The Morgan fingerprint density at radius 3 is 2.69 bits per heavy atom. The standard InChI is InChI=1S/C22H24N8O2/c1-15-16(2)30(14-27-15)20-11-19(25-12-26-20)23-8-9-24-21(31)7-10-29-13-28-18-6-4-3-5-17(18)22(29)32/h3-6,11-14H,7-10H2,1-2H3,(H,24,31)(H,23,25,26). The minimum Gasteiger partial charge on any atom is -0.368 e. The average molecular weight is 432 g/mol. The first-order chi connectivity index (χ1) is 15.5. The van der Waals surface area contributed by atoms with Crippen molar-refractivity contribution in [1.29, 1.82) is 0 Å². The Balaban J connectivity index is 1.25. The van der Waals surface area contributed by atoms with Crippen molar-refractivity contribution in [2.45, 2.75) is 26.8 Å². The lowest BCUT2D eigenvalue weighted by atomic mass is 10.2. The zero-order chi connectivity index (χ0) is 22.5. The van der Waals surface area contributed by atoms with Crippen molar-refractivity contribution in [1.82, 2.24) is 34.4 Å². The third kappa shape index (κ3) is 4.64. The molecular formula is C22H24N8O2. The maximum Gasteiger partial charge on any atom is 0.261 e. The van der Waals surface area contributed by atoms with Crippen LogP contribution in [0.3, 0.4) is 0 Å². The molecule has 0 saturated heterocycles. The monoisotopic (exact) mass is 432 g/mol. The second kappa shape index (κ2) is 9.38. The molecule has 4 aromatic rings. The van der Waals surface area contributed by atoms with Gasteiger partial charge in [0.1, 0.15) is 24.3 Å². The summed E-state index contributed by atoms with van der Waals surface area (Å²) in [5, 5.41) is 6.56. The molecule has 3 aromatic heterocycles. The maximum atomic E-state index is 12.5. The highest BCUT2D eigenvalue weighted by Gasteiger charge is 2.08. The van der Waals surface area contributed by atoms with Crippen LogP contribution < -0.4 is 16.2 Å². The van der Waals surface area contributed by atoms with Crippen molar-refractivity contribution < 1.29 is 4.79 Å². The fraction of sp³-hybridized carbons (Fsp3) is 0.273. The SMILES string of the molecule is Cc1ncn(-c2cc(NCCNC(=O)CCn3cnc4ccccc4c3=O)ncn2)c1C. The summed E-state index contributed by atoms with van der Waals surface area (Å²) in [5.41, 5.74) is 2.47. The normalized spacial score (nSPS) is 10.9. The lowest BCUT2D eigenvalue weighted by molar-refractivity contribution is -0.121. The van der Waals surface area contributed by atoms with Crippen molar-refractivity contribution >= 4 is 22.6 Å². The molecule has 0 unspecified atom stereocenters. The van der Waals surface area contributed by atoms with Gasteiger partial charge in [0.25, 0.3) is 5.56 Å². The van der Waals surface area contributed by atoms with E-state index in [1.54, 1.807) is 24.5 Å². The van der Waals surface area contributed by atoms with Gasteiger partial charge < -0.3 is 10.6 Å². The fourth-order valence-electron chi connectivity index (χ4n) is 3.27. The Labute approximate surface area is 184 Å². The minimum atomic E-state index is -0.145. The van der Waals surface area contributed by atoms with Crippen molar-refractivity contribution in [3.8, 4) is 5.82 Å². The molecule has 0 radical (unpaired) electrons. The van der Waals surface area contributed by atoms with E-state index in [1.165, 1.54) is 17.2 Å². The number of fused-ring (bicyclic) bond motifs is 1. The Hall–Kier alpha value is -4.08. The number of amides is 1. The van der Waals surface area contributed by atoms with Crippen LogP contribution in [0.4, 0.5) is 5.82 Å². The highest BCUT2D eigenvalue weighted by Crippen LogP contribution is 2.13. The summed E-state index contributed by atoms with van der Waals surface area (Å²) < 4.78 is 3.36. The van der Waals surface area contributed by atoms with E-state index in [1.807, 2.05) is 30.5 Å². The zero-order valence-electron chi connectivity index (χ0n) is 17.9. The Bertz CT molecular complexity index is 1310. The summed E-state index contributed by atoms with van der Waals surface area (Å²) in [4.78, 5) is 41.7. The van der Waals surface area contributed by atoms with Gasteiger partial charge in [-0.15, -0.1) is 0 Å². The van der Waals surface area contributed by atoms with Crippen LogP contribution in [0.15, 0.2) is 54.1 Å². The number of nitrogens with one attached hydrogen (secondary N) is 2. The van der Waals surface area contributed by atoms with E-state index in [0.717, 1.165) is 17.2 Å². The second-order valence-electron chi connectivity index (χ2n) is 7.33. The van der Waals surface area contributed by atoms with Crippen molar-refractivity contribution in [3.05, 3.63) is 71.1 Å². The first-order valence-corrected chi connectivity index (χ1v) is 10.3. The number of aromatic nitrogens is 6. The number of hydrogen-bond donors (Lipinski definition) is 2. The topological polar surface area (TPSA) is 120 Å². The van der Waals surface area contributed by atoms with E-state index in [9.17, 15) is 9.59 Å². The molecule has 1 amide bonds. The van der Waals surface area contributed by atoms with Crippen molar-refractivity contribution in [2.24, 2.45) is 0 Å². The number of imidazole rings is 1. The molecule has 0 spiro atoms. The molecule has 3 heterocycles. The van der Waals surface area contributed by atoms with Crippen LogP contribution >= 0.6 is 0 Å². The molecule has 0 aliphatic heterocycles. The number of carbonyl (C=O) groups excluding carboxylic acids is 1. The Kier molecular flexibility index (Phi) is 6.20. The van der Waals surface area contributed by atoms with E-state index in [0.29, 0.717) is 29.8 Å². The summed E-state index contributed by atoms with van der Waals surface area (Å²) in [7, 11) is 0. The van der Waals surface area contributed by atoms with E-state index in [2.05, 4.69) is 30.6 Å². The lowest BCUT2D eigenvalue weighted by Crippen LogP contribution is -2.31. The number of nitrogens with zero attached hydrogens (tertiary/aromatic N) is 6. The summed E-state index contributed by atoms with van der Waals surface area (Å²) in [6, 6.07) is 8.99. The van der Waals surface area contributed by atoms with E-state index in [4.69, 9.17) is 0 Å². The molecule has 2 N–H and O–H groups in total. The number of anilines is 1. The molecule has 1 aromatic carbocycles. The van der Waals surface area contributed by atoms with Gasteiger partial charge >= 0.3 is 0 Å². The van der Waals surface area contributed by atoms with E-state index >= 15 is 0 Å². The largest absolute Gasteiger partial charge is 0.368 e. The van der Waals surface area contributed by atoms with Gasteiger partial charge in [0, 0.05) is 37.8 Å². The summed E-state index contributed by atoms with van der Waals surface area (Å²) >= 11 is 0. The van der Waals surface area contributed by atoms with E-state index in [-0.39, 0.29) is 24.4 Å². The van der Waals surface area contributed by atoms with Gasteiger partial charge in [-0.2, -0.15) is 0 Å². The lowest BCUT2D eigenvalue weighted by Gasteiger charge is -2.10. The maximum absolute atomic E-state index is 12.5. The number of aryl methyl sites for hydroxylation is 2. The molecule has 0 fully saturated rings. The van der Waals surface area contributed by atoms with Gasteiger partial charge in [0.05, 0.1) is 22.9 Å². The fourth-order valence-corrected chi connectivity index (χ4v) is 3.27. The second-order valence-corrected chi connectivity index (χ2v) is 7.33. The number of para-hydroxylation sites is 1. The molecule has 10 heteroatoms. The Morgan fingerprint density at radius 2 is 1.88 bits per heavy atom. The quantitative estimate of drug-likeness (QED) is 0.406. The van der Waals surface area contributed by atoms with Gasteiger partial charge in [0.15, 0.2) is 0 Å². The van der Waals surface area contributed by atoms with Crippen molar-refractivity contribution in [2.75, 3.05) is 18.4 Å². The highest BCUT2D eigenvalue weighted by atomic mass is 16.1. The van der Waals surface area contributed by atoms with Crippen LogP contribution in [0.5, 0.6) is 0 Å². The number of benzene rings is 1. The predicted molar refractivity (Wildman–Crippen MR) is 121 cm³/mol. The average Bonchev–Trinajstić information content (AvgIpc) is 3.15. The summed E-state index contributed by atoms with van der Waals surface area (Å²) in [6.07, 6.45) is 4.89. The molecule has 32 heavy (non-hydrogen) atoms. The van der Waals surface area contributed by atoms with Gasteiger partial charge in [-0.1, -0.05) is 12.1 Å². The molecule has 10 nitrogen and oxygen atoms in total. The molecule has 4 rings (SSSR count). The molecule has 0 aliphatic rings. The zero-order valence-corrected chi connectivity index (χ0v) is 17.9. The Morgan fingerprint density at radius 1 is 1.03 bits per heavy atom. The first kappa shape index (κ1) is 21.2. The van der Waals surface area contributed by atoms with Crippen LogP contribution in [-0.2, 0) is 11.3 Å². The highest BCUT2D eigenvalue weighted by molar-refractivity contribution is 5.77. The smallest absolute Gasteiger partial charge is 0.261 e. The summed E-state index contributed by atoms with van der Waals surface area (Å²) in [6.45, 7) is 5.12. The van der Waals surface area contributed by atoms with Crippen LogP contribution in [0.25, 0.3) is 16.7 Å². The molecule has 0 aliphatic carbocycles. The van der Waals surface area contributed by atoms with Crippen molar-refractivity contribution in [3.63, 3.8) is 0 Å². The van der Waals surface area contributed by atoms with Gasteiger partial charge in [0.2, 0.25) is 5.91 Å². The first-order valence-electron chi connectivity index (χ1n) is 10.3. The third-order valence-electron chi connectivity index (χ3n) is 5.22. The summed E-state index contributed by atoms with van der Waals surface area (Å²) in [5.74, 6) is 1.24. The van der Waals surface area contributed by atoms with E-state index < -0.39 is 0 Å². The number of carbonyl (C=O) groups is 1. The molecule has 0 atom stereocenters. The number of hydrogen-bond acceptors (Lipinski definition) is 7. The van der Waals surface area contributed by atoms with Gasteiger partial charge in [-0.25, -0.2) is 19.9 Å². The molecule has 164 valence electrons. The van der Waals surface area contributed by atoms with Crippen LogP contribution in [-0.4, -0.2) is 48.1 Å². The third-order valence-corrected chi connectivity index (χ3v) is 5.22. The molecule has 0 saturated carbocycles. The van der Waals surface area contributed by atoms with Crippen LogP contribution in [0.1, 0.15) is 17.8 Å². The molecule has 0 bridgehead atoms.